The largest absolute Gasteiger partial charge is 0.493 e. The minimum Gasteiger partial charge on any atom is -0.493 e. The Bertz CT molecular complexity index is 460. The van der Waals surface area contributed by atoms with Crippen LogP contribution in [0.1, 0.15) is 35.3 Å². The molecule has 17 heavy (non-hydrogen) atoms. The maximum atomic E-state index is 11.1. The topological polar surface area (TPSA) is 70.3 Å². The average Bonchev–Trinajstić information content (AvgIpc) is 2.30. The first kappa shape index (κ1) is 13.0. The summed E-state index contributed by atoms with van der Waals surface area (Å²) >= 11 is 0. The summed E-state index contributed by atoms with van der Waals surface area (Å²) < 4.78 is 5.42. The standard InChI is InChI=1S/C13H15NO3/c1-3-10-9(7-8-14)5-6-11(13(15)16)12(10)17-4-2/h5-6H,3-4,7H2,1-2H3,(H,15,16). The van der Waals surface area contributed by atoms with Crippen molar-refractivity contribution in [1.82, 2.24) is 0 Å². The number of rotatable bonds is 5. The zero-order valence-electron chi connectivity index (χ0n) is 9.99. The van der Waals surface area contributed by atoms with Crippen molar-refractivity contribution >= 4 is 5.97 Å². The molecule has 0 aliphatic rings. The molecule has 90 valence electrons. The third-order valence-corrected chi connectivity index (χ3v) is 2.50. The Kier molecular flexibility index (Phi) is 4.53. The third-order valence-electron chi connectivity index (χ3n) is 2.50. The third kappa shape index (κ3) is 2.76. The number of hydrogen-bond donors (Lipinski definition) is 1. The number of carboxylic acids is 1. The minimum atomic E-state index is -1.01. The Balaban J connectivity index is 3.38. The highest BCUT2D eigenvalue weighted by Gasteiger charge is 2.17. The molecule has 0 saturated heterocycles. The first-order valence-corrected chi connectivity index (χ1v) is 5.53. The van der Waals surface area contributed by atoms with Gasteiger partial charge in [-0.1, -0.05) is 13.0 Å². The molecule has 0 aliphatic carbocycles. The highest BCUT2D eigenvalue weighted by Crippen LogP contribution is 2.28. The second-order valence-electron chi connectivity index (χ2n) is 3.51. The van der Waals surface area contributed by atoms with Crippen molar-refractivity contribution in [2.45, 2.75) is 26.7 Å². The van der Waals surface area contributed by atoms with E-state index in [1.165, 1.54) is 6.07 Å². The molecule has 4 nitrogen and oxygen atoms in total. The van der Waals surface area contributed by atoms with Crippen LogP contribution in [0.2, 0.25) is 0 Å². The minimum absolute atomic E-state index is 0.158. The Morgan fingerprint density at radius 1 is 1.47 bits per heavy atom. The van der Waals surface area contributed by atoms with E-state index in [-0.39, 0.29) is 12.0 Å². The van der Waals surface area contributed by atoms with Crippen molar-refractivity contribution in [3.63, 3.8) is 0 Å². The molecule has 0 atom stereocenters. The predicted molar refractivity (Wildman–Crippen MR) is 63.3 cm³/mol. The van der Waals surface area contributed by atoms with Crippen LogP contribution in [0.25, 0.3) is 0 Å². The molecule has 1 rings (SSSR count). The number of aromatic carboxylic acids is 1. The van der Waals surface area contributed by atoms with Gasteiger partial charge in [0, 0.05) is 0 Å². The Morgan fingerprint density at radius 3 is 2.65 bits per heavy atom. The van der Waals surface area contributed by atoms with Gasteiger partial charge in [0.2, 0.25) is 0 Å². The number of nitrogens with zero attached hydrogens (tertiary/aromatic N) is 1. The van der Waals surface area contributed by atoms with Gasteiger partial charge in [0.15, 0.2) is 0 Å². The van der Waals surface area contributed by atoms with Gasteiger partial charge in [0.25, 0.3) is 0 Å². The van der Waals surface area contributed by atoms with E-state index < -0.39 is 5.97 Å². The van der Waals surface area contributed by atoms with E-state index in [4.69, 9.17) is 15.1 Å². The molecule has 0 fully saturated rings. The SMILES string of the molecule is CCOc1c(C(=O)O)ccc(CC#N)c1CC. The number of ether oxygens (including phenoxy) is 1. The van der Waals surface area contributed by atoms with Crippen LogP contribution >= 0.6 is 0 Å². The van der Waals surface area contributed by atoms with Crippen LogP contribution in [0.4, 0.5) is 0 Å². The fraction of sp³-hybridized carbons (Fsp3) is 0.385. The maximum Gasteiger partial charge on any atom is 0.339 e. The first-order valence-electron chi connectivity index (χ1n) is 5.53. The molecule has 0 radical (unpaired) electrons. The summed E-state index contributed by atoms with van der Waals surface area (Å²) in [6.45, 7) is 4.13. The molecule has 0 aromatic heterocycles. The van der Waals surface area contributed by atoms with Crippen LogP contribution in [-0.4, -0.2) is 17.7 Å². The maximum absolute atomic E-state index is 11.1. The van der Waals surface area contributed by atoms with E-state index in [0.717, 1.165) is 11.1 Å². The van der Waals surface area contributed by atoms with Crippen LogP contribution < -0.4 is 4.74 Å². The van der Waals surface area contributed by atoms with Crippen molar-refractivity contribution in [2.75, 3.05) is 6.61 Å². The van der Waals surface area contributed by atoms with E-state index in [1.54, 1.807) is 6.07 Å². The van der Waals surface area contributed by atoms with Crippen molar-refractivity contribution in [3.05, 3.63) is 28.8 Å². The van der Waals surface area contributed by atoms with Gasteiger partial charge in [-0.2, -0.15) is 5.26 Å². The van der Waals surface area contributed by atoms with Crippen molar-refractivity contribution < 1.29 is 14.6 Å². The fourth-order valence-electron chi connectivity index (χ4n) is 1.78. The van der Waals surface area contributed by atoms with Gasteiger partial charge >= 0.3 is 5.97 Å². The lowest BCUT2D eigenvalue weighted by molar-refractivity contribution is 0.0692. The molecular weight excluding hydrogens is 218 g/mol. The monoisotopic (exact) mass is 233 g/mol. The van der Waals surface area contributed by atoms with Gasteiger partial charge in [-0.05, 0) is 30.5 Å². The second kappa shape index (κ2) is 5.90. The lowest BCUT2D eigenvalue weighted by atomic mass is 9.98. The highest BCUT2D eigenvalue weighted by atomic mass is 16.5. The first-order chi connectivity index (χ1) is 8.15. The van der Waals surface area contributed by atoms with Crippen LogP contribution in [0.3, 0.4) is 0 Å². The molecule has 0 aliphatic heterocycles. The molecule has 0 bridgehead atoms. The summed E-state index contributed by atoms with van der Waals surface area (Å²) in [5, 5.41) is 17.8. The lowest BCUT2D eigenvalue weighted by Crippen LogP contribution is -2.07. The average molecular weight is 233 g/mol. The van der Waals surface area contributed by atoms with Gasteiger partial charge in [-0.15, -0.1) is 0 Å². The summed E-state index contributed by atoms with van der Waals surface area (Å²) in [7, 11) is 0. The number of hydrogen-bond acceptors (Lipinski definition) is 3. The molecule has 1 aromatic rings. The second-order valence-corrected chi connectivity index (χ2v) is 3.51. The van der Waals surface area contributed by atoms with Gasteiger partial charge in [0.05, 0.1) is 19.1 Å². The summed E-state index contributed by atoms with van der Waals surface area (Å²) in [6.07, 6.45) is 0.913. The Morgan fingerprint density at radius 2 is 2.18 bits per heavy atom. The van der Waals surface area contributed by atoms with Crippen LogP contribution in [0, 0.1) is 11.3 Å². The van der Waals surface area contributed by atoms with Gasteiger partial charge < -0.3 is 9.84 Å². The summed E-state index contributed by atoms with van der Waals surface area (Å²) in [6, 6.07) is 5.26. The van der Waals surface area contributed by atoms with E-state index in [9.17, 15) is 4.79 Å². The van der Waals surface area contributed by atoms with Crippen LogP contribution in [0.15, 0.2) is 12.1 Å². The van der Waals surface area contributed by atoms with Gasteiger partial charge in [-0.25, -0.2) is 4.79 Å². The summed E-state index contributed by atoms with van der Waals surface area (Å²) in [5.41, 5.74) is 1.81. The van der Waals surface area contributed by atoms with E-state index in [2.05, 4.69) is 6.07 Å². The lowest BCUT2D eigenvalue weighted by Gasteiger charge is -2.14. The number of carbonyl (C=O) groups is 1. The van der Waals surface area contributed by atoms with Crippen molar-refractivity contribution in [3.8, 4) is 11.8 Å². The number of nitriles is 1. The van der Waals surface area contributed by atoms with E-state index in [1.807, 2.05) is 13.8 Å². The normalized spacial score (nSPS) is 9.71. The fourth-order valence-corrected chi connectivity index (χ4v) is 1.78. The molecule has 0 spiro atoms. The number of benzene rings is 1. The smallest absolute Gasteiger partial charge is 0.339 e. The molecule has 0 heterocycles. The molecule has 1 aromatic carbocycles. The van der Waals surface area contributed by atoms with Crippen molar-refractivity contribution in [2.24, 2.45) is 0 Å². The van der Waals surface area contributed by atoms with Crippen molar-refractivity contribution in [1.29, 1.82) is 5.26 Å². The van der Waals surface area contributed by atoms with Gasteiger partial charge in [-0.3, -0.25) is 0 Å². The Labute approximate surface area is 100 Å². The predicted octanol–water partition coefficient (Wildman–Crippen LogP) is 2.41. The zero-order valence-corrected chi connectivity index (χ0v) is 9.99. The molecule has 1 N–H and O–H groups in total. The van der Waals surface area contributed by atoms with E-state index >= 15 is 0 Å². The molecule has 4 heteroatoms. The summed E-state index contributed by atoms with van der Waals surface area (Å²) in [4.78, 5) is 11.1. The number of carboxylic acid groups (broad SMARTS) is 1. The van der Waals surface area contributed by atoms with E-state index in [0.29, 0.717) is 18.8 Å². The van der Waals surface area contributed by atoms with Gasteiger partial charge in [0.1, 0.15) is 11.3 Å². The van der Waals surface area contributed by atoms with Crippen LogP contribution in [-0.2, 0) is 12.8 Å². The zero-order chi connectivity index (χ0) is 12.8. The van der Waals surface area contributed by atoms with Crippen LogP contribution in [0.5, 0.6) is 5.75 Å². The summed E-state index contributed by atoms with van der Waals surface area (Å²) in [5.74, 6) is -0.609. The molecule has 0 saturated carbocycles. The molecular formula is C13H15NO3. The highest BCUT2D eigenvalue weighted by molar-refractivity contribution is 5.91. The molecule has 0 amide bonds. The quantitative estimate of drug-likeness (QED) is 0.847. The molecule has 0 unspecified atom stereocenters. The Hall–Kier alpha value is -2.02.